The lowest BCUT2D eigenvalue weighted by Crippen LogP contribution is -2.26. The fourth-order valence-corrected chi connectivity index (χ4v) is 3.58. The van der Waals surface area contributed by atoms with E-state index in [1.807, 2.05) is 55.5 Å². The normalized spacial score (nSPS) is 15.2. The molecule has 1 amide bonds. The van der Waals surface area contributed by atoms with Gasteiger partial charge in [-0.25, -0.2) is 4.79 Å². The molecule has 4 rings (SSSR count). The third-order valence-corrected chi connectivity index (χ3v) is 5.21. The number of hydrogen-bond donors (Lipinski definition) is 2. The Morgan fingerprint density at radius 3 is 2.21 bits per heavy atom. The number of nitrogens with zero attached hydrogens (tertiary/aromatic N) is 2. The summed E-state index contributed by atoms with van der Waals surface area (Å²) in [5.41, 5.74) is 2.14. The van der Waals surface area contributed by atoms with Crippen molar-refractivity contribution in [2.24, 2.45) is 5.10 Å². The highest BCUT2D eigenvalue weighted by molar-refractivity contribution is 6.03. The van der Waals surface area contributed by atoms with Crippen molar-refractivity contribution in [2.75, 3.05) is 13.7 Å². The number of ether oxygens (including phenoxy) is 3. The summed E-state index contributed by atoms with van der Waals surface area (Å²) in [7, 11) is 1.29. The van der Waals surface area contributed by atoms with Gasteiger partial charge in [0.15, 0.2) is 11.5 Å². The van der Waals surface area contributed by atoms with Crippen LogP contribution in [0.1, 0.15) is 30.5 Å². The molecule has 170 valence electrons. The van der Waals surface area contributed by atoms with Gasteiger partial charge in [-0.3, -0.25) is 0 Å². The number of methoxy groups -OCH3 is 1. The van der Waals surface area contributed by atoms with E-state index in [1.165, 1.54) is 24.3 Å². The third kappa shape index (κ3) is 4.85. The van der Waals surface area contributed by atoms with Crippen molar-refractivity contribution in [1.82, 2.24) is 5.01 Å². The molecule has 0 aliphatic carbocycles. The number of carbonyl (C=O) groups excluding carboxylic acids is 1. The van der Waals surface area contributed by atoms with Gasteiger partial charge in [0.05, 0.1) is 25.5 Å². The van der Waals surface area contributed by atoms with Crippen molar-refractivity contribution in [2.45, 2.75) is 19.4 Å². The van der Waals surface area contributed by atoms with Crippen molar-refractivity contribution in [3.05, 3.63) is 77.9 Å². The average molecular weight is 448 g/mol. The highest BCUT2D eigenvalue weighted by Crippen LogP contribution is 2.37. The maximum atomic E-state index is 12.3. The van der Waals surface area contributed by atoms with Gasteiger partial charge in [0.2, 0.25) is 0 Å². The first kappa shape index (κ1) is 22.0. The predicted molar refractivity (Wildman–Crippen MR) is 122 cm³/mol. The first-order valence-electron chi connectivity index (χ1n) is 10.5. The zero-order valence-corrected chi connectivity index (χ0v) is 18.3. The van der Waals surface area contributed by atoms with E-state index in [-0.39, 0.29) is 11.5 Å². The van der Waals surface area contributed by atoms with Crippen LogP contribution in [0.3, 0.4) is 0 Å². The number of amides is 1. The molecule has 1 atom stereocenters. The molecule has 3 aromatic rings. The number of phenolic OH excluding ortho intramolecular Hbond substituents is 2. The van der Waals surface area contributed by atoms with Crippen molar-refractivity contribution in [3.63, 3.8) is 0 Å². The summed E-state index contributed by atoms with van der Waals surface area (Å²) in [6.07, 6.45) is -0.198. The molecule has 1 aliphatic rings. The lowest BCUT2D eigenvalue weighted by molar-refractivity contribution is 0.113. The second-order valence-corrected chi connectivity index (χ2v) is 7.36. The molecule has 1 aliphatic heterocycles. The van der Waals surface area contributed by atoms with Gasteiger partial charge in [-0.05, 0) is 78.7 Å². The number of hydrazone groups is 1. The fraction of sp³-hybridized carbons (Fsp3) is 0.200. The minimum atomic E-state index is -0.613. The molecule has 0 spiro atoms. The Balaban J connectivity index is 1.51. The molecular weight excluding hydrogens is 424 g/mol. The fourth-order valence-electron chi connectivity index (χ4n) is 3.58. The van der Waals surface area contributed by atoms with E-state index in [0.29, 0.717) is 35.8 Å². The Morgan fingerprint density at radius 2 is 1.61 bits per heavy atom. The number of carbonyl (C=O) groups is 1. The maximum absolute atomic E-state index is 12.3. The van der Waals surface area contributed by atoms with Gasteiger partial charge in [0.1, 0.15) is 17.2 Å². The van der Waals surface area contributed by atoms with E-state index in [0.717, 1.165) is 11.3 Å². The van der Waals surface area contributed by atoms with Crippen LogP contribution in [-0.2, 0) is 4.74 Å². The largest absolute Gasteiger partial charge is 0.504 e. The summed E-state index contributed by atoms with van der Waals surface area (Å²) in [6, 6.07) is 18.7. The summed E-state index contributed by atoms with van der Waals surface area (Å²) in [5, 5.41) is 25.2. The molecule has 0 aromatic heterocycles. The Kier molecular flexibility index (Phi) is 6.35. The van der Waals surface area contributed by atoms with Crippen LogP contribution in [-0.4, -0.2) is 40.7 Å². The number of hydrogen-bond acceptors (Lipinski definition) is 7. The van der Waals surface area contributed by atoms with Crippen LogP contribution >= 0.6 is 0 Å². The topological polar surface area (TPSA) is 101 Å². The van der Waals surface area contributed by atoms with Crippen LogP contribution in [0.2, 0.25) is 0 Å². The molecule has 0 saturated heterocycles. The van der Waals surface area contributed by atoms with Crippen LogP contribution in [0.15, 0.2) is 71.8 Å². The number of aromatic hydroxyl groups is 2. The molecule has 2 N–H and O–H groups in total. The SMILES string of the molecule is CCOc1ccc(Oc2ccc(C3=NN(C(=O)OC)C(c4ccc(O)c(O)c4)C3)cc2)cc1. The smallest absolute Gasteiger partial charge is 0.430 e. The molecule has 0 saturated carbocycles. The van der Waals surface area contributed by atoms with Gasteiger partial charge >= 0.3 is 6.09 Å². The molecular formula is C25H24N2O6. The second-order valence-electron chi connectivity index (χ2n) is 7.36. The van der Waals surface area contributed by atoms with E-state index < -0.39 is 12.1 Å². The number of benzene rings is 3. The van der Waals surface area contributed by atoms with Crippen LogP contribution in [0, 0.1) is 0 Å². The predicted octanol–water partition coefficient (Wildman–Crippen LogP) is 5.21. The summed E-state index contributed by atoms with van der Waals surface area (Å²) in [4.78, 5) is 12.3. The first-order chi connectivity index (χ1) is 16.0. The van der Waals surface area contributed by atoms with Crippen LogP contribution < -0.4 is 9.47 Å². The van der Waals surface area contributed by atoms with E-state index in [4.69, 9.17) is 14.2 Å². The van der Waals surface area contributed by atoms with Crippen LogP contribution in [0.4, 0.5) is 4.79 Å². The lowest BCUT2D eigenvalue weighted by atomic mass is 9.98. The van der Waals surface area contributed by atoms with Gasteiger partial charge in [0.25, 0.3) is 0 Å². The quantitative estimate of drug-likeness (QED) is 0.502. The Bertz CT molecular complexity index is 1160. The van der Waals surface area contributed by atoms with Crippen LogP contribution in [0.25, 0.3) is 0 Å². The van der Waals surface area contributed by atoms with Crippen molar-refractivity contribution in [1.29, 1.82) is 0 Å². The molecule has 8 nitrogen and oxygen atoms in total. The van der Waals surface area contributed by atoms with Crippen LogP contribution in [0.5, 0.6) is 28.7 Å². The summed E-state index contributed by atoms with van der Waals surface area (Å²) in [6.45, 7) is 2.54. The van der Waals surface area contributed by atoms with Crippen molar-refractivity contribution >= 4 is 11.8 Å². The number of phenols is 2. The summed E-state index contributed by atoms with van der Waals surface area (Å²) in [5.74, 6) is 1.64. The van der Waals surface area contributed by atoms with Gasteiger partial charge in [-0.1, -0.05) is 6.07 Å². The summed E-state index contributed by atoms with van der Waals surface area (Å²) >= 11 is 0. The highest BCUT2D eigenvalue weighted by Gasteiger charge is 2.34. The van der Waals surface area contributed by atoms with Crippen molar-refractivity contribution in [3.8, 4) is 28.7 Å². The first-order valence-corrected chi connectivity index (χ1v) is 10.5. The minimum Gasteiger partial charge on any atom is -0.504 e. The average Bonchev–Trinajstić information content (AvgIpc) is 3.28. The lowest BCUT2D eigenvalue weighted by Gasteiger charge is -2.20. The molecule has 8 heteroatoms. The molecule has 0 bridgehead atoms. The molecule has 0 radical (unpaired) electrons. The Morgan fingerprint density at radius 1 is 0.970 bits per heavy atom. The summed E-state index contributed by atoms with van der Waals surface area (Å²) < 4.78 is 16.2. The minimum absolute atomic E-state index is 0.231. The monoisotopic (exact) mass is 448 g/mol. The highest BCUT2D eigenvalue weighted by atomic mass is 16.5. The molecule has 0 fully saturated rings. The zero-order chi connectivity index (χ0) is 23.4. The van der Waals surface area contributed by atoms with Gasteiger partial charge in [-0.15, -0.1) is 0 Å². The molecule has 1 heterocycles. The van der Waals surface area contributed by atoms with Gasteiger partial charge < -0.3 is 24.4 Å². The van der Waals surface area contributed by atoms with E-state index in [2.05, 4.69) is 5.10 Å². The van der Waals surface area contributed by atoms with E-state index in [1.54, 1.807) is 6.07 Å². The van der Waals surface area contributed by atoms with E-state index >= 15 is 0 Å². The van der Waals surface area contributed by atoms with Gasteiger partial charge in [-0.2, -0.15) is 10.1 Å². The Hall–Kier alpha value is -4.20. The maximum Gasteiger partial charge on any atom is 0.430 e. The molecule has 1 unspecified atom stereocenters. The second kappa shape index (κ2) is 9.52. The van der Waals surface area contributed by atoms with E-state index in [9.17, 15) is 15.0 Å². The molecule has 33 heavy (non-hydrogen) atoms. The van der Waals surface area contributed by atoms with Crippen molar-refractivity contribution < 1.29 is 29.2 Å². The third-order valence-electron chi connectivity index (χ3n) is 5.21. The standard InChI is InChI=1S/C25H24N2O6/c1-3-32-18-9-11-20(12-10-18)33-19-7-4-16(5-8-19)21-15-22(27(26-21)25(30)31-2)17-6-13-23(28)24(29)14-17/h4-14,22,28-29H,3,15H2,1-2H3. The number of rotatable bonds is 6. The zero-order valence-electron chi connectivity index (χ0n) is 18.3. The van der Waals surface area contributed by atoms with Gasteiger partial charge in [0, 0.05) is 6.42 Å². The molecule has 3 aromatic carbocycles. The Labute approximate surface area is 191 Å².